The standard InChI is InChI=1S/C17H17N5O/c1-12-6-5-8-15(10-12)22-13(2)16(20-21-22)17(23)19-11-14-7-3-4-9-18-14/h3-10H,11H2,1-2H3,(H,19,23). The fourth-order valence-corrected chi connectivity index (χ4v) is 2.30. The topological polar surface area (TPSA) is 72.7 Å². The number of hydrogen-bond acceptors (Lipinski definition) is 4. The molecule has 6 heteroatoms. The van der Waals surface area contributed by atoms with E-state index in [0.717, 1.165) is 16.9 Å². The molecule has 2 heterocycles. The van der Waals surface area contributed by atoms with E-state index in [1.807, 2.05) is 56.3 Å². The number of carbonyl (C=O) groups is 1. The summed E-state index contributed by atoms with van der Waals surface area (Å²) in [5.74, 6) is -0.257. The van der Waals surface area contributed by atoms with Gasteiger partial charge in [-0.25, -0.2) is 4.68 Å². The zero-order chi connectivity index (χ0) is 16.2. The predicted molar refractivity (Wildman–Crippen MR) is 86.2 cm³/mol. The zero-order valence-electron chi connectivity index (χ0n) is 13.0. The number of carbonyl (C=O) groups excluding carboxylic acids is 1. The second-order valence-electron chi connectivity index (χ2n) is 5.28. The average Bonchev–Trinajstić information content (AvgIpc) is 2.95. The molecule has 0 atom stereocenters. The van der Waals surface area contributed by atoms with Gasteiger partial charge >= 0.3 is 0 Å². The minimum Gasteiger partial charge on any atom is -0.345 e. The van der Waals surface area contributed by atoms with Crippen LogP contribution in [0.3, 0.4) is 0 Å². The van der Waals surface area contributed by atoms with Crippen molar-refractivity contribution >= 4 is 5.91 Å². The van der Waals surface area contributed by atoms with Crippen LogP contribution in [-0.2, 0) is 6.54 Å². The molecule has 0 fully saturated rings. The van der Waals surface area contributed by atoms with Gasteiger partial charge in [0.15, 0.2) is 5.69 Å². The summed E-state index contributed by atoms with van der Waals surface area (Å²) >= 11 is 0. The van der Waals surface area contributed by atoms with E-state index >= 15 is 0 Å². The smallest absolute Gasteiger partial charge is 0.274 e. The third-order valence-electron chi connectivity index (χ3n) is 3.51. The van der Waals surface area contributed by atoms with Crippen LogP contribution in [-0.4, -0.2) is 25.9 Å². The Hall–Kier alpha value is -3.02. The Kier molecular flexibility index (Phi) is 4.14. The Bertz CT molecular complexity index is 826. The second-order valence-corrected chi connectivity index (χ2v) is 5.28. The number of aromatic nitrogens is 4. The lowest BCUT2D eigenvalue weighted by Crippen LogP contribution is -2.24. The highest BCUT2D eigenvalue weighted by Crippen LogP contribution is 2.13. The maximum absolute atomic E-state index is 12.3. The molecule has 23 heavy (non-hydrogen) atoms. The molecule has 0 saturated carbocycles. The molecule has 0 aliphatic rings. The summed E-state index contributed by atoms with van der Waals surface area (Å²) in [5, 5.41) is 10.9. The summed E-state index contributed by atoms with van der Waals surface area (Å²) in [6.45, 7) is 4.20. The molecule has 0 bridgehead atoms. The molecule has 0 unspecified atom stereocenters. The van der Waals surface area contributed by atoms with Gasteiger partial charge in [-0.05, 0) is 43.7 Å². The lowest BCUT2D eigenvalue weighted by Gasteiger charge is -2.05. The summed E-state index contributed by atoms with van der Waals surface area (Å²) in [6, 6.07) is 13.5. The molecule has 1 amide bonds. The van der Waals surface area contributed by atoms with Gasteiger partial charge in [-0.15, -0.1) is 5.10 Å². The minimum atomic E-state index is -0.257. The summed E-state index contributed by atoms with van der Waals surface area (Å²) in [5.41, 5.74) is 3.83. The molecule has 3 rings (SSSR count). The number of pyridine rings is 1. The average molecular weight is 307 g/mol. The number of aryl methyl sites for hydroxylation is 1. The molecule has 0 saturated heterocycles. The fourth-order valence-electron chi connectivity index (χ4n) is 2.30. The highest BCUT2D eigenvalue weighted by molar-refractivity contribution is 5.93. The van der Waals surface area contributed by atoms with E-state index in [0.29, 0.717) is 17.9 Å². The van der Waals surface area contributed by atoms with Gasteiger partial charge in [0, 0.05) is 6.20 Å². The van der Waals surface area contributed by atoms with E-state index in [4.69, 9.17) is 0 Å². The highest BCUT2D eigenvalue weighted by Gasteiger charge is 2.17. The predicted octanol–water partition coefficient (Wildman–Crippen LogP) is 2.21. The third kappa shape index (κ3) is 3.26. The van der Waals surface area contributed by atoms with E-state index in [1.54, 1.807) is 10.9 Å². The van der Waals surface area contributed by atoms with Gasteiger partial charge in [0.05, 0.1) is 23.6 Å². The van der Waals surface area contributed by atoms with Crippen molar-refractivity contribution in [1.82, 2.24) is 25.3 Å². The van der Waals surface area contributed by atoms with Gasteiger partial charge in [-0.3, -0.25) is 9.78 Å². The van der Waals surface area contributed by atoms with Crippen molar-refractivity contribution in [3.63, 3.8) is 0 Å². The summed E-state index contributed by atoms with van der Waals surface area (Å²) in [4.78, 5) is 16.5. The lowest BCUT2D eigenvalue weighted by atomic mass is 10.2. The van der Waals surface area contributed by atoms with E-state index in [9.17, 15) is 4.79 Å². The lowest BCUT2D eigenvalue weighted by molar-refractivity contribution is 0.0944. The van der Waals surface area contributed by atoms with Gasteiger partial charge in [-0.2, -0.15) is 0 Å². The first-order chi connectivity index (χ1) is 11.1. The van der Waals surface area contributed by atoms with Crippen LogP contribution in [0.2, 0.25) is 0 Å². The van der Waals surface area contributed by atoms with E-state index in [2.05, 4.69) is 20.6 Å². The Morgan fingerprint density at radius 3 is 2.78 bits per heavy atom. The van der Waals surface area contributed by atoms with Crippen LogP contribution in [0.15, 0.2) is 48.7 Å². The molecule has 0 spiro atoms. The molecule has 2 aromatic heterocycles. The maximum Gasteiger partial charge on any atom is 0.274 e. The third-order valence-corrected chi connectivity index (χ3v) is 3.51. The quantitative estimate of drug-likeness (QED) is 0.802. The van der Waals surface area contributed by atoms with E-state index < -0.39 is 0 Å². The van der Waals surface area contributed by atoms with Crippen LogP contribution in [0.25, 0.3) is 5.69 Å². The number of amides is 1. The van der Waals surface area contributed by atoms with E-state index in [1.165, 1.54) is 0 Å². The first-order valence-electron chi connectivity index (χ1n) is 7.32. The number of rotatable bonds is 4. The Balaban J connectivity index is 1.77. The summed E-state index contributed by atoms with van der Waals surface area (Å²) < 4.78 is 1.67. The fraction of sp³-hybridized carbons (Fsp3) is 0.176. The number of nitrogens with zero attached hydrogens (tertiary/aromatic N) is 4. The van der Waals surface area contributed by atoms with Crippen LogP contribution in [0.5, 0.6) is 0 Å². The van der Waals surface area contributed by atoms with Gasteiger partial charge in [-0.1, -0.05) is 23.4 Å². The van der Waals surface area contributed by atoms with Gasteiger partial charge in [0.1, 0.15) is 0 Å². The molecule has 0 radical (unpaired) electrons. The molecular formula is C17H17N5O. The Morgan fingerprint density at radius 1 is 1.17 bits per heavy atom. The summed E-state index contributed by atoms with van der Waals surface area (Å²) in [6.07, 6.45) is 1.70. The first kappa shape index (κ1) is 14.9. The molecule has 0 aliphatic heterocycles. The Labute approximate surface area is 134 Å². The van der Waals surface area contributed by atoms with Crippen molar-refractivity contribution in [1.29, 1.82) is 0 Å². The summed E-state index contributed by atoms with van der Waals surface area (Å²) in [7, 11) is 0. The Morgan fingerprint density at radius 2 is 2.04 bits per heavy atom. The van der Waals surface area contributed by atoms with E-state index in [-0.39, 0.29) is 5.91 Å². The number of nitrogens with one attached hydrogen (secondary N) is 1. The van der Waals surface area contributed by atoms with Crippen molar-refractivity contribution in [2.75, 3.05) is 0 Å². The molecule has 1 aromatic carbocycles. The number of hydrogen-bond donors (Lipinski definition) is 1. The second kappa shape index (κ2) is 6.39. The van der Waals surface area contributed by atoms with Crippen molar-refractivity contribution in [3.8, 4) is 5.69 Å². The van der Waals surface area contributed by atoms with Crippen molar-refractivity contribution in [2.45, 2.75) is 20.4 Å². The number of benzene rings is 1. The van der Waals surface area contributed by atoms with Crippen LogP contribution < -0.4 is 5.32 Å². The van der Waals surface area contributed by atoms with Crippen LogP contribution >= 0.6 is 0 Å². The zero-order valence-corrected chi connectivity index (χ0v) is 13.0. The van der Waals surface area contributed by atoms with Crippen molar-refractivity contribution in [2.24, 2.45) is 0 Å². The minimum absolute atomic E-state index is 0.257. The van der Waals surface area contributed by atoms with Crippen molar-refractivity contribution < 1.29 is 4.79 Å². The van der Waals surface area contributed by atoms with Crippen LogP contribution in [0.1, 0.15) is 27.4 Å². The highest BCUT2D eigenvalue weighted by atomic mass is 16.2. The normalized spacial score (nSPS) is 10.5. The maximum atomic E-state index is 12.3. The largest absolute Gasteiger partial charge is 0.345 e. The van der Waals surface area contributed by atoms with Gasteiger partial charge in [0.2, 0.25) is 0 Å². The van der Waals surface area contributed by atoms with Crippen molar-refractivity contribution in [3.05, 3.63) is 71.3 Å². The van der Waals surface area contributed by atoms with Crippen LogP contribution in [0.4, 0.5) is 0 Å². The molecule has 116 valence electrons. The molecule has 6 nitrogen and oxygen atoms in total. The van der Waals surface area contributed by atoms with Gasteiger partial charge in [0.25, 0.3) is 5.91 Å². The monoisotopic (exact) mass is 307 g/mol. The molecule has 3 aromatic rings. The van der Waals surface area contributed by atoms with Gasteiger partial charge < -0.3 is 5.32 Å². The molecule has 0 aliphatic carbocycles. The SMILES string of the molecule is Cc1cccc(-n2nnc(C(=O)NCc3ccccn3)c2C)c1. The molecule has 1 N–H and O–H groups in total. The molecular weight excluding hydrogens is 290 g/mol. The first-order valence-corrected chi connectivity index (χ1v) is 7.32. The van der Waals surface area contributed by atoms with Crippen LogP contribution in [0, 0.1) is 13.8 Å².